The third-order valence-electron chi connectivity index (χ3n) is 9.59. The van der Waals surface area contributed by atoms with Gasteiger partial charge < -0.3 is 15.1 Å². The van der Waals surface area contributed by atoms with Crippen LogP contribution in [0.15, 0.2) is 72.8 Å². The lowest BCUT2D eigenvalue weighted by Crippen LogP contribution is -2.51. The van der Waals surface area contributed by atoms with Crippen LogP contribution in [0.3, 0.4) is 0 Å². The van der Waals surface area contributed by atoms with Gasteiger partial charge in [-0.05, 0) is 78.2 Å². The van der Waals surface area contributed by atoms with Gasteiger partial charge >= 0.3 is 0 Å². The number of rotatable bonds is 10. The Morgan fingerprint density at radius 1 is 0.829 bits per heavy atom. The topological polar surface area (TPSA) is 35.6 Å². The van der Waals surface area contributed by atoms with Crippen LogP contribution in [-0.4, -0.2) is 67.9 Å². The van der Waals surface area contributed by atoms with E-state index in [4.69, 9.17) is 0 Å². The fraction of sp³-hybridized carbons (Fsp3) is 0.457. The number of piperidine rings is 1. The number of ketones is 1. The Labute approximate surface area is 243 Å². The first kappa shape index (κ1) is 29.6. The standard InChI is InChI=1S/C35H43F2N3O/c1-26(2)35(16-18-38-19-17-35)33(28-9-13-30(37)14-10-28)25-40-23-21-39(22-24-40)20-15-34(41)32-6-4-3-5-31(32)27-7-11-29(36)12-8-27/h3-14,26,33,38H,15-25H2,1-2H3. The van der Waals surface area contributed by atoms with Crippen LogP contribution < -0.4 is 5.32 Å². The first-order valence-electron chi connectivity index (χ1n) is 15.1. The molecule has 0 bridgehead atoms. The molecule has 2 aliphatic rings. The molecule has 1 unspecified atom stereocenters. The van der Waals surface area contributed by atoms with Crippen LogP contribution in [0.4, 0.5) is 8.78 Å². The molecule has 1 atom stereocenters. The van der Waals surface area contributed by atoms with E-state index in [1.165, 1.54) is 17.7 Å². The summed E-state index contributed by atoms with van der Waals surface area (Å²) >= 11 is 0. The van der Waals surface area contributed by atoms with E-state index in [2.05, 4.69) is 29.0 Å². The van der Waals surface area contributed by atoms with Crippen molar-refractivity contribution < 1.29 is 13.6 Å². The second-order valence-electron chi connectivity index (χ2n) is 12.1. The fourth-order valence-corrected chi connectivity index (χ4v) is 6.99. The summed E-state index contributed by atoms with van der Waals surface area (Å²) in [6, 6.07) is 21.2. The molecule has 5 rings (SSSR count). The van der Waals surface area contributed by atoms with Gasteiger partial charge in [-0.25, -0.2) is 8.78 Å². The highest BCUT2D eigenvalue weighted by Crippen LogP contribution is 2.49. The van der Waals surface area contributed by atoms with Gasteiger partial charge in [0.1, 0.15) is 11.6 Å². The molecule has 0 saturated carbocycles. The Morgan fingerprint density at radius 2 is 1.41 bits per heavy atom. The Morgan fingerprint density at radius 3 is 2.05 bits per heavy atom. The van der Waals surface area contributed by atoms with E-state index < -0.39 is 0 Å². The predicted molar refractivity (Wildman–Crippen MR) is 162 cm³/mol. The van der Waals surface area contributed by atoms with Crippen molar-refractivity contribution in [1.29, 1.82) is 0 Å². The van der Waals surface area contributed by atoms with E-state index in [-0.39, 0.29) is 22.8 Å². The number of nitrogens with one attached hydrogen (secondary N) is 1. The summed E-state index contributed by atoms with van der Waals surface area (Å²) in [6.45, 7) is 12.3. The quantitative estimate of drug-likeness (QED) is 0.283. The molecule has 6 heteroatoms. The molecule has 1 N–H and O–H groups in total. The van der Waals surface area contributed by atoms with Crippen LogP contribution in [0.1, 0.15) is 54.9 Å². The zero-order chi connectivity index (χ0) is 28.8. The highest BCUT2D eigenvalue weighted by molar-refractivity contribution is 6.02. The average molecular weight is 560 g/mol. The molecule has 3 aromatic rings. The van der Waals surface area contributed by atoms with Crippen LogP contribution in [0.2, 0.25) is 0 Å². The van der Waals surface area contributed by atoms with E-state index in [0.717, 1.165) is 76.3 Å². The Bertz CT molecular complexity index is 1280. The third kappa shape index (κ3) is 6.94. The van der Waals surface area contributed by atoms with Crippen molar-refractivity contribution in [2.24, 2.45) is 11.3 Å². The molecule has 0 spiro atoms. The van der Waals surface area contributed by atoms with Crippen molar-refractivity contribution in [3.8, 4) is 11.1 Å². The summed E-state index contributed by atoms with van der Waals surface area (Å²) in [7, 11) is 0. The van der Waals surface area contributed by atoms with Gasteiger partial charge in [0, 0.05) is 57.2 Å². The predicted octanol–water partition coefficient (Wildman–Crippen LogP) is 6.63. The molecule has 3 aromatic carbocycles. The highest BCUT2D eigenvalue weighted by atomic mass is 19.1. The van der Waals surface area contributed by atoms with E-state index in [9.17, 15) is 13.6 Å². The number of nitrogens with zero attached hydrogens (tertiary/aromatic N) is 2. The lowest BCUT2D eigenvalue weighted by molar-refractivity contribution is 0.0489. The van der Waals surface area contributed by atoms with E-state index in [1.807, 2.05) is 36.4 Å². The SMILES string of the molecule is CC(C)C1(C(CN2CCN(CCC(=O)c3ccccc3-c3ccc(F)cc3)CC2)c2ccc(F)cc2)CCNCC1. The normalized spacial score (nSPS) is 18.9. The van der Waals surface area contributed by atoms with Crippen LogP contribution in [0.25, 0.3) is 11.1 Å². The van der Waals surface area contributed by atoms with Gasteiger partial charge in [-0.1, -0.05) is 62.4 Å². The van der Waals surface area contributed by atoms with Crippen LogP contribution >= 0.6 is 0 Å². The van der Waals surface area contributed by atoms with Crippen LogP contribution in [0, 0.1) is 23.0 Å². The highest BCUT2D eigenvalue weighted by Gasteiger charge is 2.43. The zero-order valence-electron chi connectivity index (χ0n) is 24.4. The number of piperazine rings is 1. The molecule has 2 aliphatic heterocycles. The second kappa shape index (κ2) is 13.4. The minimum absolute atomic E-state index is 0.119. The van der Waals surface area contributed by atoms with E-state index in [1.54, 1.807) is 24.3 Å². The molecule has 2 fully saturated rings. The molecule has 2 heterocycles. The van der Waals surface area contributed by atoms with Gasteiger partial charge in [-0.2, -0.15) is 0 Å². The van der Waals surface area contributed by atoms with Crippen molar-refractivity contribution in [3.05, 3.63) is 95.6 Å². The summed E-state index contributed by atoms with van der Waals surface area (Å²) < 4.78 is 27.3. The maximum absolute atomic E-state index is 13.8. The van der Waals surface area contributed by atoms with Crippen molar-refractivity contribution in [1.82, 2.24) is 15.1 Å². The summed E-state index contributed by atoms with van der Waals surface area (Å²) in [4.78, 5) is 18.2. The van der Waals surface area contributed by atoms with Crippen molar-refractivity contribution in [3.63, 3.8) is 0 Å². The van der Waals surface area contributed by atoms with E-state index in [0.29, 0.717) is 23.8 Å². The van der Waals surface area contributed by atoms with E-state index >= 15 is 0 Å². The molecule has 0 aliphatic carbocycles. The first-order valence-corrected chi connectivity index (χ1v) is 15.1. The molecule has 0 radical (unpaired) electrons. The van der Waals surface area contributed by atoms with Gasteiger partial charge in [0.2, 0.25) is 0 Å². The molecule has 0 aromatic heterocycles. The monoisotopic (exact) mass is 559 g/mol. The number of carbonyl (C=O) groups is 1. The van der Waals surface area contributed by atoms with Gasteiger partial charge in [0.05, 0.1) is 0 Å². The molecule has 0 amide bonds. The maximum atomic E-state index is 13.8. The molecule has 41 heavy (non-hydrogen) atoms. The average Bonchev–Trinajstić information content (AvgIpc) is 3.00. The number of Topliss-reactive ketones (excluding diaryl/α,β-unsaturated/α-hetero) is 1. The maximum Gasteiger partial charge on any atom is 0.164 e. The Hall–Kier alpha value is -2.93. The number of carbonyl (C=O) groups excluding carboxylic acids is 1. The number of halogens is 2. The number of hydrogen-bond donors (Lipinski definition) is 1. The third-order valence-corrected chi connectivity index (χ3v) is 9.59. The Balaban J connectivity index is 1.21. The van der Waals surface area contributed by atoms with Crippen molar-refractivity contribution in [2.45, 2.75) is 39.0 Å². The second-order valence-corrected chi connectivity index (χ2v) is 12.1. The minimum Gasteiger partial charge on any atom is -0.317 e. The number of hydrogen-bond acceptors (Lipinski definition) is 4. The van der Waals surface area contributed by atoms with Crippen LogP contribution in [0.5, 0.6) is 0 Å². The smallest absolute Gasteiger partial charge is 0.164 e. The molecular formula is C35H43F2N3O. The van der Waals surface area contributed by atoms with Gasteiger partial charge in [0.15, 0.2) is 5.78 Å². The Kier molecular flexibility index (Phi) is 9.64. The summed E-state index contributed by atoms with van der Waals surface area (Å²) in [6.07, 6.45) is 2.72. The van der Waals surface area contributed by atoms with Gasteiger partial charge in [-0.15, -0.1) is 0 Å². The first-order chi connectivity index (χ1) is 19.9. The molecular weight excluding hydrogens is 516 g/mol. The van der Waals surface area contributed by atoms with Gasteiger partial charge in [-0.3, -0.25) is 4.79 Å². The van der Waals surface area contributed by atoms with Crippen molar-refractivity contribution >= 4 is 5.78 Å². The minimum atomic E-state index is -0.282. The summed E-state index contributed by atoms with van der Waals surface area (Å²) in [5, 5.41) is 3.55. The van der Waals surface area contributed by atoms with Crippen LogP contribution in [-0.2, 0) is 0 Å². The van der Waals surface area contributed by atoms with Crippen molar-refractivity contribution in [2.75, 3.05) is 52.4 Å². The number of benzene rings is 3. The summed E-state index contributed by atoms with van der Waals surface area (Å²) in [5.41, 5.74) is 3.83. The molecule has 4 nitrogen and oxygen atoms in total. The van der Waals surface area contributed by atoms with Gasteiger partial charge in [0.25, 0.3) is 0 Å². The fourth-order valence-electron chi connectivity index (χ4n) is 6.99. The summed E-state index contributed by atoms with van der Waals surface area (Å²) in [5.74, 6) is 0.537. The molecule has 218 valence electrons. The zero-order valence-corrected chi connectivity index (χ0v) is 24.4. The largest absolute Gasteiger partial charge is 0.317 e. The lowest BCUT2D eigenvalue weighted by atomic mass is 9.60. The lowest BCUT2D eigenvalue weighted by Gasteiger charge is -2.49. The molecule has 2 saturated heterocycles.